The molecule has 0 bridgehead atoms. The molecule has 0 spiro atoms. The summed E-state index contributed by atoms with van der Waals surface area (Å²) in [6.07, 6.45) is 0. The summed E-state index contributed by atoms with van der Waals surface area (Å²) < 4.78 is 0. The molecule has 0 radical (unpaired) electrons. The number of Topliss-reactive ketones (excluding diaryl/α,β-unsaturated/α-hetero) is 2. The SMILES string of the molecule is CC(=O)C(C(C)=O)C(C)=Nc1c(C(C)C)cccc1C(C)C. The zero-order valence-corrected chi connectivity index (χ0v) is 14.7. The molecule has 0 aliphatic rings. The van der Waals surface area contributed by atoms with E-state index in [1.165, 1.54) is 13.8 Å². The van der Waals surface area contributed by atoms with Crippen LogP contribution in [0.5, 0.6) is 0 Å². The van der Waals surface area contributed by atoms with E-state index in [1.807, 2.05) is 6.07 Å². The number of nitrogens with zero attached hydrogens (tertiary/aromatic N) is 1. The quantitative estimate of drug-likeness (QED) is 0.558. The van der Waals surface area contributed by atoms with Crippen molar-refractivity contribution < 1.29 is 9.59 Å². The van der Waals surface area contributed by atoms with Gasteiger partial charge in [0.2, 0.25) is 0 Å². The average Bonchev–Trinajstić information content (AvgIpc) is 2.37. The molecule has 0 aliphatic carbocycles. The van der Waals surface area contributed by atoms with Gasteiger partial charge in [0.05, 0.1) is 5.69 Å². The first-order valence-electron chi connectivity index (χ1n) is 7.85. The van der Waals surface area contributed by atoms with E-state index >= 15 is 0 Å². The van der Waals surface area contributed by atoms with Crippen LogP contribution in [0.2, 0.25) is 0 Å². The fourth-order valence-corrected chi connectivity index (χ4v) is 2.76. The topological polar surface area (TPSA) is 46.5 Å². The Morgan fingerprint density at radius 2 is 1.27 bits per heavy atom. The molecule has 1 aromatic rings. The van der Waals surface area contributed by atoms with Gasteiger partial charge in [-0.15, -0.1) is 0 Å². The monoisotopic (exact) mass is 301 g/mol. The second-order valence-electron chi connectivity index (χ2n) is 6.50. The lowest BCUT2D eigenvalue weighted by Crippen LogP contribution is -2.26. The number of hydrogen-bond acceptors (Lipinski definition) is 3. The summed E-state index contributed by atoms with van der Waals surface area (Å²) in [5, 5.41) is 0. The molecular formula is C19H27NO2. The summed E-state index contributed by atoms with van der Waals surface area (Å²) in [7, 11) is 0. The van der Waals surface area contributed by atoms with E-state index in [0.717, 1.165) is 16.8 Å². The fraction of sp³-hybridized carbons (Fsp3) is 0.526. The smallest absolute Gasteiger partial charge is 0.145 e. The first-order chi connectivity index (χ1) is 10.2. The number of ketones is 2. The molecule has 0 heterocycles. The molecule has 0 saturated heterocycles. The lowest BCUT2D eigenvalue weighted by molar-refractivity contribution is -0.127. The molecule has 0 fully saturated rings. The highest BCUT2D eigenvalue weighted by Crippen LogP contribution is 2.35. The van der Waals surface area contributed by atoms with Gasteiger partial charge in [-0.05, 0) is 43.7 Å². The second-order valence-corrected chi connectivity index (χ2v) is 6.50. The maximum Gasteiger partial charge on any atom is 0.145 e. The van der Waals surface area contributed by atoms with Gasteiger partial charge in [-0.25, -0.2) is 0 Å². The first kappa shape index (κ1) is 18.3. The van der Waals surface area contributed by atoms with Crippen LogP contribution in [0.1, 0.15) is 71.4 Å². The minimum absolute atomic E-state index is 0.151. The van der Waals surface area contributed by atoms with E-state index in [1.54, 1.807) is 6.92 Å². The standard InChI is InChI=1S/C19H27NO2/c1-11(2)16-9-8-10-17(12(3)4)19(16)20-13(5)18(14(6)21)15(7)22/h8-12,18H,1-7H3. The number of carbonyl (C=O) groups is 2. The Hall–Kier alpha value is -1.77. The van der Waals surface area contributed by atoms with Crippen LogP contribution in [-0.4, -0.2) is 17.3 Å². The summed E-state index contributed by atoms with van der Waals surface area (Å²) in [5.41, 5.74) is 3.79. The van der Waals surface area contributed by atoms with E-state index in [-0.39, 0.29) is 11.6 Å². The molecule has 1 aromatic carbocycles. The van der Waals surface area contributed by atoms with Crippen molar-refractivity contribution in [1.82, 2.24) is 0 Å². The molecule has 120 valence electrons. The third-order valence-corrected chi connectivity index (χ3v) is 3.86. The number of aliphatic imine (C=N–C) groups is 1. The third kappa shape index (κ3) is 4.12. The maximum absolute atomic E-state index is 11.8. The van der Waals surface area contributed by atoms with E-state index in [0.29, 0.717) is 17.5 Å². The molecule has 0 atom stereocenters. The van der Waals surface area contributed by atoms with Crippen molar-refractivity contribution in [2.75, 3.05) is 0 Å². The minimum atomic E-state index is -0.736. The minimum Gasteiger partial charge on any atom is -0.299 e. The molecule has 0 amide bonds. The Balaban J connectivity index is 3.50. The molecule has 22 heavy (non-hydrogen) atoms. The van der Waals surface area contributed by atoms with Crippen LogP contribution in [0.4, 0.5) is 5.69 Å². The van der Waals surface area contributed by atoms with Gasteiger partial charge in [-0.3, -0.25) is 14.6 Å². The Labute approximate surface area is 133 Å². The van der Waals surface area contributed by atoms with Gasteiger partial charge in [0.1, 0.15) is 17.5 Å². The van der Waals surface area contributed by atoms with Crippen LogP contribution in [0.15, 0.2) is 23.2 Å². The molecule has 0 aliphatic heterocycles. The van der Waals surface area contributed by atoms with Crippen LogP contribution in [-0.2, 0) is 9.59 Å². The number of rotatable bonds is 6. The summed E-state index contributed by atoms with van der Waals surface area (Å²) in [6.45, 7) is 13.2. The van der Waals surface area contributed by atoms with E-state index in [4.69, 9.17) is 4.99 Å². The number of carbonyl (C=O) groups excluding carboxylic acids is 2. The fourth-order valence-electron chi connectivity index (χ4n) is 2.76. The highest BCUT2D eigenvalue weighted by Gasteiger charge is 2.23. The lowest BCUT2D eigenvalue weighted by Gasteiger charge is -2.18. The van der Waals surface area contributed by atoms with Crippen molar-refractivity contribution in [2.24, 2.45) is 10.9 Å². The lowest BCUT2D eigenvalue weighted by atomic mass is 9.91. The average molecular weight is 301 g/mol. The number of hydrogen-bond donors (Lipinski definition) is 0. The van der Waals surface area contributed by atoms with Gasteiger partial charge in [0.25, 0.3) is 0 Å². The van der Waals surface area contributed by atoms with Crippen molar-refractivity contribution in [1.29, 1.82) is 0 Å². The Morgan fingerprint density at radius 1 is 0.864 bits per heavy atom. The molecular weight excluding hydrogens is 274 g/mol. The van der Waals surface area contributed by atoms with Crippen LogP contribution in [0, 0.1) is 5.92 Å². The van der Waals surface area contributed by atoms with Crippen molar-refractivity contribution in [3.8, 4) is 0 Å². The molecule has 0 saturated carbocycles. The van der Waals surface area contributed by atoms with Crippen molar-refractivity contribution in [2.45, 2.75) is 60.3 Å². The largest absolute Gasteiger partial charge is 0.299 e. The summed E-state index contributed by atoms with van der Waals surface area (Å²) >= 11 is 0. The molecule has 3 nitrogen and oxygen atoms in total. The molecule has 0 aromatic heterocycles. The van der Waals surface area contributed by atoms with E-state index < -0.39 is 5.92 Å². The van der Waals surface area contributed by atoms with Gasteiger partial charge in [0, 0.05) is 5.71 Å². The zero-order chi connectivity index (χ0) is 17.0. The van der Waals surface area contributed by atoms with E-state index in [2.05, 4.69) is 39.8 Å². The van der Waals surface area contributed by atoms with Gasteiger partial charge in [-0.2, -0.15) is 0 Å². The summed E-state index contributed by atoms with van der Waals surface area (Å²) in [5.74, 6) is -0.374. The van der Waals surface area contributed by atoms with Crippen molar-refractivity contribution in [3.05, 3.63) is 29.3 Å². The van der Waals surface area contributed by atoms with Crippen molar-refractivity contribution in [3.63, 3.8) is 0 Å². The zero-order valence-electron chi connectivity index (χ0n) is 14.7. The van der Waals surface area contributed by atoms with E-state index in [9.17, 15) is 9.59 Å². The van der Waals surface area contributed by atoms with Crippen molar-refractivity contribution >= 4 is 23.0 Å². The Morgan fingerprint density at radius 3 is 1.59 bits per heavy atom. The number of benzene rings is 1. The third-order valence-electron chi connectivity index (χ3n) is 3.86. The molecule has 1 rings (SSSR count). The van der Waals surface area contributed by atoms with Crippen LogP contribution in [0.3, 0.4) is 0 Å². The molecule has 0 N–H and O–H groups in total. The normalized spacial score (nSPS) is 12.4. The number of para-hydroxylation sites is 1. The highest BCUT2D eigenvalue weighted by atomic mass is 16.1. The van der Waals surface area contributed by atoms with Crippen LogP contribution < -0.4 is 0 Å². The summed E-state index contributed by atoms with van der Waals surface area (Å²) in [4.78, 5) is 28.2. The Kier molecular flexibility index (Phi) is 6.21. The summed E-state index contributed by atoms with van der Waals surface area (Å²) in [6, 6.07) is 6.19. The van der Waals surface area contributed by atoms with Crippen LogP contribution >= 0.6 is 0 Å². The first-order valence-corrected chi connectivity index (χ1v) is 7.85. The van der Waals surface area contributed by atoms with Gasteiger partial charge >= 0.3 is 0 Å². The van der Waals surface area contributed by atoms with Gasteiger partial charge in [-0.1, -0.05) is 45.9 Å². The maximum atomic E-state index is 11.8. The van der Waals surface area contributed by atoms with Gasteiger partial charge < -0.3 is 0 Å². The predicted molar refractivity (Wildman–Crippen MR) is 92.2 cm³/mol. The van der Waals surface area contributed by atoms with Gasteiger partial charge in [0.15, 0.2) is 0 Å². The molecule has 3 heteroatoms. The molecule has 0 unspecified atom stereocenters. The highest BCUT2D eigenvalue weighted by molar-refractivity contribution is 6.19. The Bertz CT molecular complexity index is 557. The predicted octanol–water partition coefficient (Wildman–Crippen LogP) is 4.82. The second kappa shape index (κ2) is 7.48. The van der Waals surface area contributed by atoms with Crippen LogP contribution in [0.25, 0.3) is 0 Å².